The predicted molar refractivity (Wildman–Crippen MR) is 76.6 cm³/mol. The number of ether oxygens (including phenoxy) is 2. The molecule has 0 saturated carbocycles. The van der Waals surface area contributed by atoms with Crippen molar-refractivity contribution in [1.29, 1.82) is 0 Å². The van der Waals surface area contributed by atoms with Crippen LogP contribution in [0.5, 0.6) is 5.75 Å². The van der Waals surface area contributed by atoms with Gasteiger partial charge in [-0.15, -0.1) is 0 Å². The highest BCUT2D eigenvalue weighted by molar-refractivity contribution is 9.10. The fourth-order valence-electron chi connectivity index (χ4n) is 1.85. The molecule has 0 spiro atoms. The van der Waals surface area contributed by atoms with Gasteiger partial charge < -0.3 is 14.4 Å². The molecule has 1 heterocycles. The Morgan fingerprint density at radius 3 is 2.84 bits per heavy atom. The molecule has 2 rings (SSSR count). The highest BCUT2D eigenvalue weighted by Crippen LogP contribution is 2.29. The van der Waals surface area contributed by atoms with Crippen molar-refractivity contribution in [1.82, 2.24) is 4.90 Å². The molecule has 19 heavy (non-hydrogen) atoms. The van der Waals surface area contributed by atoms with Gasteiger partial charge in [0.05, 0.1) is 18.2 Å². The Labute approximate surface area is 125 Å². The van der Waals surface area contributed by atoms with Gasteiger partial charge in [-0.3, -0.25) is 4.79 Å². The van der Waals surface area contributed by atoms with E-state index in [9.17, 15) is 4.79 Å². The molecule has 1 unspecified atom stereocenters. The van der Waals surface area contributed by atoms with Gasteiger partial charge in [0.25, 0.3) is 5.91 Å². The van der Waals surface area contributed by atoms with Crippen molar-refractivity contribution >= 4 is 33.4 Å². The average molecular weight is 349 g/mol. The van der Waals surface area contributed by atoms with Crippen LogP contribution in [0, 0.1) is 0 Å². The van der Waals surface area contributed by atoms with Crippen LogP contribution in [0.25, 0.3) is 0 Å². The van der Waals surface area contributed by atoms with Gasteiger partial charge in [0.1, 0.15) is 5.75 Å². The molecule has 1 saturated heterocycles. The second kappa shape index (κ2) is 6.59. The normalized spacial score (nSPS) is 17.1. The van der Waals surface area contributed by atoms with E-state index in [-0.39, 0.29) is 5.91 Å². The van der Waals surface area contributed by atoms with Gasteiger partial charge in [-0.25, -0.2) is 0 Å². The summed E-state index contributed by atoms with van der Waals surface area (Å²) in [4.78, 5) is 13.9. The third-order valence-corrected chi connectivity index (χ3v) is 3.67. The van der Waals surface area contributed by atoms with Gasteiger partial charge in [-0.1, -0.05) is 27.5 Å². The molecule has 0 N–H and O–H groups in total. The highest BCUT2D eigenvalue weighted by atomic mass is 79.9. The molecule has 0 radical (unpaired) electrons. The minimum absolute atomic E-state index is 0.0423. The maximum absolute atomic E-state index is 12.2. The summed E-state index contributed by atoms with van der Waals surface area (Å²) in [6, 6.07) is 5.31. The molecule has 1 aliphatic heterocycles. The third-order valence-electron chi connectivity index (χ3n) is 2.87. The van der Waals surface area contributed by atoms with E-state index in [0.29, 0.717) is 37.1 Å². The fourth-order valence-corrected chi connectivity index (χ4v) is 2.35. The van der Waals surface area contributed by atoms with Crippen LogP contribution in [0.15, 0.2) is 22.7 Å². The number of halogens is 2. The van der Waals surface area contributed by atoms with E-state index in [2.05, 4.69) is 15.9 Å². The molecular weight excluding hydrogens is 334 g/mol. The van der Waals surface area contributed by atoms with Crippen molar-refractivity contribution in [3.63, 3.8) is 0 Å². The highest BCUT2D eigenvalue weighted by Gasteiger charge is 2.24. The zero-order valence-electron chi connectivity index (χ0n) is 10.6. The monoisotopic (exact) mass is 347 g/mol. The topological polar surface area (TPSA) is 38.8 Å². The van der Waals surface area contributed by atoms with E-state index in [1.54, 1.807) is 24.0 Å². The van der Waals surface area contributed by atoms with E-state index in [1.807, 2.05) is 6.07 Å². The van der Waals surface area contributed by atoms with E-state index >= 15 is 0 Å². The number of carbonyl (C=O) groups excluding carboxylic acids is 1. The number of hydrogen-bond acceptors (Lipinski definition) is 3. The molecule has 0 aromatic heterocycles. The number of carbonyl (C=O) groups is 1. The summed E-state index contributed by atoms with van der Waals surface area (Å²) in [6.45, 7) is 4.11. The van der Waals surface area contributed by atoms with Crippen LogP contribution in [0.3, 0.4) is 0 Å². The smallest absolute Gasteiger partial charge is 0.263 e. The Hall–Kier alpha value is -0.780. The molecule has 1 aromatic carbocycles. The van der Waals surface area contributed by atoms with Crippen LogP contribution in [-0.2, 0) is 9.53 Å². The lowest BCUT2D eigenvalue weighted by atomic mass is 10.3. The zero-order chi connectivity index (χ0) is 13.8. The minimum Gasteiger partial charge on any atom is -0.479 e. The van der Waals surface area contributed by atoms with Crippen molar-refractivity contribution in [3.05, 3.63) is 27.7 Å². The molecule has 0 aliphatic carbocycles. The molecular formula is C13H15BrClNO3. The number of benzene rings is 1. The van der Waals surface area contributed by atoms with Crippen LogP contribution < -0.4 is 4.74 Å². The first-order valence-corrected chi connectivity index (χ1v) is 7.23. The summed E-state index contributed by atoms with van der Waals surface area (Å²) in [5.74, 6) is 0.462. The largest absolute Gasteiger partial charge is 0.479 e. The SMILES string of the molecule is CC(Oc1cc(Br)ccc1Cl)C(=O)N1CCOCC1. The van der Waals surface area contributed by atoms with Crippen LogP contribution in [-0.4, -0.2) is 43.2 Å². The summed E-state index contributed by atoms with van der Waals surface area (Å²) in [7, 11) is 0. The molecule has 4 nitrogen and oxygen atoms in total. The summed E-state index contributed by atoms with van der Waals surface area (Å²) >= 11 is 9.39. The lowest BCUT2D eigenvalue weighted by Crippen LogP contribution is -2.46. The first kappa shape index (κ1) is 14.6. The standard InChI is InChI=1S/C13H15BrClNO3/c1-9(13(17)16-4-6-18-7-5-16)19-12-8-10(14)2-3-11(12)15/h2-3,8-9H,4-7H2,1H3. The zero-order valence-corrected chi connectivity index (χ0v) is 12.9. The number of amides is 1. The molecule has 1 fully saturated rings. The van der Waals surface area contributed by atoms with Crippen molar-refractivity contribution < 1.29 is 14.3 Å². The number of rotatable bonds is 3. The summed E-state index contributed by atoms with van der Waals surface area (Å²) in [5, 5.41) is 0.491. The molecule has 1 aromatic rings. The minimum atomic E-state index is -0.565. The second-order valence-corrected chi connectivity index (χ2v) is 5.60. The maximum atomic E-state index is 12.2. The van der Waals surface area contributed by atoms with E-state index in [1.165, 1.54) is 0 Å². The van der Waals surface area contributed by atoms with Gasteiger partial charge in [0.15, 0.2) is 6.10 Å². The summed E-state index contributed by atoms with van der Waals surface area (Å²) < 4.78 is 11.7. The average Bonchev–Trinajstić information content (AvgIpc) is 2.43. The van der Waals surface area contributed by atoms with Gasteiger partial charge in [0.2, 0.25) is 0 Å². The predicted octanol–water partition coefficient (Wildman–Crippen LogP) is 2.73. The van der Waals surface area contributed by atoms with Gasteiger partial charge in [0, 0.05) is 17.6 Å². The summed E-state index contributed by atoms with van der Waals surface area (Å²) in [5.41, 5.74) is 0. The van der Waals surface area contributed by atoms with Crippen LogP contribution in [0.4, 0.5) is 0 Å². The fraction of sp³-hybridized carbons (Fsp3) is 0.462. The van der Waals surface area contributed by atoms with Crippen LogP contribution >= 0.6 is 27.5 Å². The van der Waals surface area contributed by atoms with Crippen molar-refractivity contribution in [2.45, 2.75) is 13.0 Å². The lowest BCUT2D eigenvalue weighted by Gasteiger charge is -2.29. The molecule has 0 bridgehead atoms. The second-order valence-electron chi connectivity index (χ2n) is 4.27. The quantitative estimate of drug-likeness (QED) is 0.843. The van der Waals surface area contributed by atoms with Gasteiger partial charge >= 0.3 is 0 Å². The number of hydrogen-bond donors (Lipinski definition) is 0. The Balaban J connectivity index is 2.01. The molecule has 1 amide bonds. The maximum Gasteiger partial charge on any atom is 0.263 e. The Morgan fingerprint density at radius 1 is 1.47 bits per heavy atom. The Kier molecular flexibility index (Phi) is 5.07. The van der Waals surface area contributed by atoms with Crippen LogP contribution in [0.1, 0.15) is 6.92 Å². The van der Waals surface area contributed by atoms with Crippen molar-refractivity contribution in [2.75, 3.05) is 26.3 Å². The molecule has 104 valence electrons. The number of morpholine rings is 1. The first-order valence-electron chi connectivity index (χ1n) is 6.06. The van der Waals surface area contributed by atoms with Gasteiger partial charge in [-0.05, 0) is 25.1 Å². The van der Waals surface area contributed by atoms with E-state index in [0.717, 1.165) is 4.47 Å². The summed E-state index contributed by atoms with van der Waals surface area (Å²) in [6.07, 6.45) is -0.565. The Bertz CT molecular complexity index is 463. The molecule has 1 atom stereocenters. The number of nitrogens with zero attached hydrogens (tertiary/aromatic N) is 1. The third kappa shape index (κ3) is 3.84. The van der Waals surface area contributed by atoms with Crippen molar-refractivity contribution in [3.8, 4) is 5.75 Å². The first-order chi connectivity index (χ1) is 9.08. The molecule has 6 heteroatoms. The van der Waals surface area contributed by atoms with E-state index < -0.39 is 6.10 Å². The molecule has 1 aliphatic rings. The lowest BCUT2D eigenvalue weighted by molar-refractivity contribution is -0.142. The van der Waals surface area contributed by atoms with Crippen molar-refractivity contribution in [2.24, 2.45) is 0 Å². The Morgan fingerprint density at radius 2 is 2.16 bits per heavy atom. The van der Waals surface area contributed by atoms with E-state index in [4.69, 9.17) is 21.1 Å². The van der Waals surface area contributed by atoms with Crippen LogP contribution in [0.2, 0.25) is 5.02 Å². The van der Waals surface area contributed by atoms with Gasteiger partial charge in [-0.2, -0.15) is 0 Å².